The summed E-state index contributed by atoms with van der Waals surface area (Å²) in [5, 5.41) is 3.26. The Kier molecular flexibility index (Phi) is 5.07. The molecule has 0 aliphatic rings. The molecular weight excluding hydrogens is 346 g/mol. The number of amides is 2. The maximum atomic E-state index is 12.0. The minimum Gasteiger partial charge on any atom is -0.497 e. The van der Waals surface area contributed by atoms with E-state index < -0.39 is 0 Å². The summed E-state index contributed by atoms with van der Waals surface area (Å²) in [4.78, 5) is 17.3. The minimum atomic E-state index is -0.339. The Labute approximate surface area is 147 Å². The van der Waals surface area contributed by atoms with Crippen molar-refractivity contribution in [2.75, 3.05) is 19.5 Å². The van der Waals surface area contributed by atoms with Gasteiger partial charge >= 0.3 is 6.03 Å². The molecule has 0 aliphatic carbocycles. The van der Waals surface area contributed by atoms with Crippen LogP contribution >= 0.6 is 23.3 Å². The van der Waals surface area contributed by atoms with Crippen LogP contribution in [0.1, 0.15) is 0 Å². The van der Waals surface area contributed by atoms with E-state index in [0.717, 1.165) is 26.6 Å². The molecule has 24 heavy (non-hydrogen) atoms. The molecule has 124 valence electrons. The van der Waals surface area contributed by atoms with Crippen LogP contribution in [0.2, 0.25) is 0 Å². The summed E-state index contributed by atoms with van der Waals surface area (Å²) in [7, 11) is 3.22. The second-order valence-electron chi connectivity index (χ2n) is 4.69. The molecule has 0 saturated heterocycles. The molecule has 6 nitrogen and oxygen atoms in total. The largest absolute Gasteiger partial charge is 0.497 e. The minimum absolute atomic E-state index is 0.339. The molecular formula is C16H15N3O3S2. The predicted octanol–water partition coefficient (Wildman–Crippen LogP) is 4.14. The molecule has 0 bridgehead atoms. The number of fused-ring (bicyclic) bond motifs is 1. The Morgan fingerprint density at radius 3 is 2.71 bits per heavy atom. The standard InChI is InChI=1S/C16H15N3O3S2/c1-21-10-4-3-5-12(8-10)24-19-15(20)18-16-17-13-7-6-11(22-2)9-14(13)23-16/h3-9H,1-2H3,(H2,17,18,19,20). The Morgan fingerprint density at radius 1 is 1.12 bits per heavy atom. The van der Waals surface area contributed by atoms with Crippen LogP contribution < -0.4 is 19.5 Å². The van der Waals surface area contributed by atoms with Crippen molar-refractivity contribution in [3.8, 4) is 11.5 Å². The van der Waals surface area contributed by atoms with Crippen molar-refractivity contribution in [3.63, 3.8) is 0 Å². The van der Waals surface area contributed by atoms with Crippen LogP contribution in [0.5, 0.6) is 11.5 Å². The Bertz CT molecular complexity index is 867. The number of rotatable bonds is 5. The molecule has 0 spiro atoms. The predicted molar refractivity (Wildman–Crippen MR) is 97.2 cm³/mol. The molecule has 1 aromatic heterocycles. The van der Waals surface area contributed by atoms with Gasteiger partial charge in [0.1, 0.15) is 11.5 Å². The first kappa shape index (κ1) is 16.4. The van der Waals surface area contributed by atoms with Gasteiger partial charge in [0.15, 0.2) is 5.13 Å². The van der Waals surface area contributed by atoms with Crippen LogP contribution in [0.15, 0.2) is 47.4 Å². The van der Waals surface area contributed by atoms with Crippen LogP contribution in [-0.2, 0) is 0 Å². The van der Waals surface area contributed by atoms with E-state index in [1.807, 2.05) is 42.5 Å². The van der Waals surface area contributed by atoms with E-state index in [4.69, 9.17) is 9.47 Å². The number of hydrogen-bond donors (Lipinski definition) is 2. The first-order valence-electron chi connectivity index (χ1n) is 7.00. The molecule has 0 fully saturated rings. The van der Waals surface area contributed by atoms with Gasteiger partial charge in [-0.1, -0.05) is 17.4 Å². The summed E-state index contributed by atoms with van der Waals surface area (Å²) in [5.41, 5.74) is 0.816. The highest BCUT2D eigenvalue weighted by Gasteiger charge is 2.09. The van der Waals surface area contributed by atoms with Crippen molar-refractivity contribution in [1.29, 1.82) is 0 Å². The van der Waals surface area contributed by atoms with Crippen molar-refractivity contribution in [3.05, 3.63) is 42.5 Å². The number of nitrogens with one attached hydrogen (secondary N) is 2. The van der Waals surface area contributed by atoms with Gasteiger partial charge in [-0.15, -0.1) is 0 Å². The van der Waals surface area contributed by atoms with Crippen LogP contribution in [0.3, 0.4) is 0 Å². The van der Waals surface area contributed by atoms with Gasteiger partial charge in [0.05, 0.1) is 24.4 Å². The van der Waals surface area contributed by atoms with E-state index in [1.54, 1.807) is 14.2 Å². The van der Waals surface area contributed by atoms with E-state index in [9.17, 15) is 4.79 Å². The monoisotopic (exact) mass is 361 g/mol. The number of urea groups is 1. The molecule has 3 rings (SSSR count). The quantitative estimate of drug-likeness (QED) is 0.668. The maximum Gasteiger partial charge on any atom is 0.331 e. The highest BCUT2D eigenvalue weighted by atomic mass is 32.2. The third-order valence-corrected chi connectivity index (χ3v) is 4.83. The fraction of sp³-hybridized carbons (Fsp3) is 0.125. The molecule has 0 saturated carbocycles. The highest BCUT2D eigenvalue weighted by Crippen LogP contribution is 2.29. The summed E-state index contributed by atoms with van der Waals surface area (Å²) < 4.78 is 14.0. The van der Waals surface area contributed by atoms with E-state index in [-0.39, 0.29) is 6.03 Å². The number of ether oxygens (including phenoxy) is 2. The lowest BCUT2D eigenvalue weighted by atomic mass is 10.3. The lowest BCUT2D eigenvalue weighted by molar-refractivity contribution is 0.257. The molecule has 1 heterocycles. The zero-order valence-electron chi connectivity index (χ0n) is 13.0. The number of thiazole rings is 1. The lowest BCUT2D eigenvalue weighted by Gasteiger charge is -2.05. The number of nitrogens with zero attached hydrogens (tertiary/aromatic N) is 1. The van der Waals surface area contributed by atoms with Crippen molar-refractivity contribution in [2.24, 2.45) is 0 Å². The average Bonchev–Trinajstić information content (AvgIpc) is 3.01. The van der Waals surface area contributed by atoms with Gasteiger partial charge in [0, 0.05) is 4.90 Å². The fourth-order valence-corrected chi connectivity index (χ4v) is 3.45. The molecule has 2 amide bonds. The van der Waals surface area contributed by atoms with Crippen molar-refractivity contribution < 1.29 is 14.3 Å². The van der Waals surface area contributed by atoms with Gasteiger partial charge in [-0.25, -0.2) is 9.78 Å². The van der Waals surface area contributed by atoms with Crippen molar-refractivity contribution in [2.45, 2.75) is 4.90 Å². The van der Waals surface area contributed by atoms with E-state index >= 15 is 0 Å². The lowest BCUT2D eigenvalue weighted by Crippen LogP contribution is -2.22. The molecule has 2 N–H and O–H groups in total. The summed E-state index contributed by atoms with van der Waals surface area (Å²) in [6.45, 7) is 0. The average molecular weight is 361 g/mol. The Morgan fingerprint density at radius 2 is 1.92 bits per heavy atom. The normalized spacial score (nSPS) is 10.4. The van der Waals surface area contributed by atoms with E-state index in [2.05, 4.69) is 15.0 Å². The number of anilines is 1. The number of methoxy groups -OCH3 is 2. The van der Waals surface area contributed by atoms with Crippen LogP contribution in [0.4, 0.5) is 9.93 Å². The Balaban J connectivity index is 1.62. The highest BCUT2D eigenvalue weighted by molar-refractivity contribution is 7.98. The topological polar surface area (TPSA) is 72.5 Å². The summed E-state index contributed by atoms with van der Waals surface area (Å²) in [6, 6.07) is 12.7. The van der Waals surface area contributed by atoms with Gasteiger partial charge < -0.3 is 9.47 Å². The van der Waals surface area contributed by atoms with Crippen LogP contribution in [-0.4, -0.2) is 25.2 Å². The number of carbonyl (C=O) groups excluding carboxylic acids is 1. The molecule has 0 aliphatic heterocycles. The van der Waals surface area contributed by atoms with Gasteiger partial charge in [-0.3, -0.25) is 10.0 Å². The Hall–Kier alpha value is -2.45. The van der Waals surface area contributed by atoms with Crippen LogP contribution in [0, 0.1) is 0 Å². The van der Waals surface area contributed by atoms with E-state index in [1.165, 1.54) is 23.3 Å². The number of aromatic nitrogens is 1. The van der Waals surface area contributed by atoms with Gasteiger partial charge in [0.2, 0.25) is 0 Å². The zero-order chi connectivity index (χ0) is 16.9. The van der Waals surface area contributed by atoms with Crippen molar-refractivity contribution in [1.82, 2.24) is 9.71 Å². The third-order valence-electron chi connectivity index (χ3n) is 3.12. The third kappa shape index (κ3) is 3.90. The molecule has 0 atom stereocenters. The first-order valence-corrected chi connectivity index (χ1v) is 8.63. The number of hydrogen-bond acceptors (Lipinski definition) is 6. The van der Waals surface area contributed by atoms with Crippen LogP contribution in [0.25, 0.3) is 10.2 Å². The maximum absolute atomic E-state index is 12.0. The summed E-state index contributed by atoms with van der Waals surface area (Å²) >= 11 is 2.60. The fourth-order valence-electron chi connectivity index (χ4n) is 1.98. The molecule has 2 aromatic carbocycles. The smallest absolute Gasteiger partial charge is 0.331 e. The molecule has 0 radical (unpaired) electrons. The second kappa shape index (κ2) is 7.41. The van der Waals surface area contributed by atoms with Gasteiger partial charge in [-0.2, -0.15) is 0 Å². The van der Waals surface area contributed by atoms with E-state index in [0.29, 0.717) is 5.13 Å². The zero-order valence-corrected chi connectivity index (χ0v) is 14.7. The SMILES string of the molecule is COc1cccc(SNC(=O)Nc2nc3ccc(OC)cc3s2)c1. The number of carbonyl (C=O) groups is 1. The second-order valence-corrected chi connectivity index (χ2v) is 6.60. The van der Waals surface area contributed by atoms with Crippen molar-refractivity contribution >= 4 is 44.7 Å². The molecule has 3 aromatic rings. The van der Waals surface area contributed by atoms with Gasteiger partial charge in [0.25, 0.3) is 0 Å². The molecule has 8 heteroatoms. The first-order chi connectivity index (χ1) is 11.7. The van der Waals surface area contributed by atoms with Gasteiger partial charge in [-0.05, 0) is 48.3 Å². The summed E-state index contributed by atoms with van der Waals surface area (Å²) in [6.07, 6.45) is 0. The molecule has 0 unspecified atom stereocenters. The number of benzene rings is 2. The summed E-state index contributed by atoms with van der Waals surface area (Å²) in [5.74, 6) is 1.50.